The molecule has 4 heteroatoms. The van der Waals surface area contributed by atoms with Gasteiger partial charge in [0.05, 0.1) is 0 Å². The lowest BCUT2D eigenvalue weighted by Gasteiger charge is -2.28. The fraction of sp³-hybridized carbons (Fsp3) is 0.533. The molecule has 0 aromatic heterocycles. The van der Waals surface area contributed by atoms with Crippen molar-refractivity contribution in [3.63, 3.8) is 0 Å². The maximum Gasteiger partial charge on any atom is 0.327 e. The zero-order valence-corrected chi connectivity index (χ0v) is 10.8. The molecule has 3 nitrogen and oxygen atoms in total. The van der Waals surface area contributed by atoms with Crippen LogP contribution in [0.5, 0.6) is 0 Å². The Kier molecular flexibility index (Phi) is 3.27. The van der Waals surface area contributed by atoms with Gasteiger partial charge in [-0.05, 0) is 24.9 Å². The predicted octanol–water partition coefficient (Wildman–Crippen LogP) is 2.31. The molecule has 2 heterocycles. The molecule has 0 aliphatic carbocycles. The number of hydrogen-bond acceptors (Lipinski definition) is 3. The van der Waals surface area contributed by atoms with Crippen molar-refractivity contribution >= 4 is 5.97 Å². The van der Waals surface area contributed by atoms with Gasteiger partial charge >= 0.3 is 5.97 Å². The second-order valence-electron chi connectivity index (χ2n) is 5.44. The van der Waals surface area contributed by atoms with Crippen LogP contribution >= 0.6 is 0 Å². The van der Waals surface area contributed by atoms with Gasteiger partial charge in [-0.1, -0.05) is 30.3 Å². The SMILES string of the molecule is O=C(OCc1ccccc1)[C@@]12CCCN1C[C@H](F)C2. The molecule has 0 N–H and O–H groups in total. The van der Waals surface area contributed by atoms with Crippen LogP contribution in [0.1, 0.15) is 24.8 Å². The number of esters is 1. The average molecular weight is 263 g/mol. The predicted molar refractivity (Wildman–Crippen MR) is 69.3 cm³/mol. The average Bonchev–Trinajstić information content (AvgIpc) is 2.94. The zero-order valence-electron chi connectivity index (χ0n) is 10.8. The summed E-state index contributed by atoms with van der Waals surface area (Å²) in [6, 6.07) is 9.59. The Balaban J connectivity index is 1.67. The van der Waals surface area contributed by atoms with E-state index < -0.39 is 11.7 Å². The molecular weight excluding hydrogens is 245 g/mol. The number of benzene rings is 1. The molecular formula is C15H18FNO2. The third-order valence-electron chi connectivity index (χ3n) is 4.19. The van der Waals surface area contributed by atoms with Crippen LogP contribution in [0.25, 0.3) is 0 Å². The summed E-state index contributed by atoms with van der Waals surface area (Å²) in [5.41, 5.74) is 0.278. The number of rotatable bonds is 3. The summed E-state index contributed by atoms with van der Waals surface area (Å²) in [5.74, 6) is -0.256. The summed E-state index contributed by atoms with van der Waals surface area (Å²) in [7, 11) is 0. The highest BCUT2D eigenvalue weighted by Gasteiger charge is 2.54. The number of carbonyl (C=O) groups is 1. The molecule has 19 heavy (non-hydrogen) atoms. The smallest absolute Gasteiger partial charge is 0.327 e. The van der Waals surface area contributed by atoms with E-state index in [2.05, 4.69) is 0 Å². The number of carbonyl (C=O) groups excluding carboxylic acids is 1. The van der Waals surface area contributed by atoms with Crippen molar-refractivity contribution < 1.29 is 13.9 Å². The Morgan fingerprint density at radius 1 is 1.42 bits per heavy atom. The summed E-state index contributed by atoms with van der Waals surface area (Å²) in [6.45, 7) is 1.45. The number of nitrogens with zero attached hydrogens (tertiary/aromatic N) is 1. The first kappa shape index (κ1) is 12.6. The van der Waals surface area contributed by atoms with Crippen molar-refractivity contribution in [2.45, 2.75) is 37.6 Å². The summed E-state index contributed by atoms with van der Waals surface area (Å²) in [5, 5.41) is 0. The van der Waals surface area contributed by atoms with Crippen LogP contribution in [0.3, 0.4) is 0 Å². The van der Waals surface area contributed by atoms with Crippen LogP contribution in [-0.2, 0) is 16.1 Å². The van der Waals surface area contributed by atoms with E-state index in [1.54, 1.807) is 0 Å². The Labute approximate surface area is 112 Å². The van der Waals surface area contributed by atoms with Crippen molar-refractivity contribution in [1.29, 1.82) is 0 Å². The molecule has 2 aliphatic rings. The molecule has 3 rings (SSSR count). The van der Waals surface area contributed by atoms with Gasteiger partial charge in [0, 0.05) is 13.0 Å². The first-order chi connectivity index (χ1) is 9.21. The van der Waals surface area contributed by atoms with Gasteiger partial charge < -0.3 is 4.74 Å². The van der Waals surface area contributed by atoms with E-state index in [1.807, 2.05) is 35.2 Å². The molecule has 1 aromatic rings. The Morgan fingerprint density at radius 2 is 2.21 bits per heavy atom. The molecule has 2 fully saturated rings. The van der Waals surface area contributed by atoms with Crippen LogP contribution in [0, 0.1) is 0 Å². The van der Waals surface area contributed by atoms with Crippen LogP contribution in [0.15, 0.2) is 30.3 Å². The number of hydrogen-bond donors (Lipinski definition) is 0. The largest absolute Gasteiger partial charge is 0.459 e. The molecule has 0 bridgehead atoms. The van der Waals surface area contributed by atoms with Crippen molar-refractivity contribution in [3.8, 4) is 0 Å². The van der Waals surface area contributed by atoms with Crippen molar-refractivity contribution in [2.24, 2.45) is 0 Å². The Hall–Kier alpha value is -1.42. The van der Waals surface area contributed by atoms with E-state index >= 15 is 0 Å². The minimum atomic E-state index is -0.899. The molecule has 0 unspecified atom stereocenters. The van der Waals surface area contributed by atoms with Gasteiger partial charge in [-0.2, -0.15) is 0 Å². The molecule has 0 spiro atoms. The summed E-state index contributed by atoms with van der Waals surface area (Å²) >= 11 is 0. The standard InChI is InChI=1S/C15H18FNO2/c16-13-9-15(7-4-8-17(15)10-13)14(18)19-11-12-5-2-1-3-6-12/h1-3,5-6,13H,4,7-11H2/t13-,15+/m1/s1. The monoisotopic (exact) mass is 263 g/mol. The Morgan fingerprint density at radius 3 is 3.00 bits per heavy atom. The fourth-order valence-electron chi connectivity index (χ4n) is 3.27. The number of ether oxygens (including phenoxy) is 1. The van der Waals surface area contributed by atoms with Crippen LogP contribution in [-0.4, -0.2) is 35.7 Å². The lowest BCUT2D eigenvalue weighted by atomic mass is 9.94. The van der Waals surface area contributed by atoms with Crippen molar-refractivity contribution in [3.05, 3.63) is 35.9 Å². The van der Waals surface area contributed by atoms with Gasteiger partial charge in [0.1, 0.15) is 18.3 Å². The second kappa shape index (κ2) is 4.93. The third-order valence-corrected chi connectivity index (χ3v) is 4.19. The highest BCUT2D eigenvalue weighted by molar-refractivity contribution is 5.82. The molecule has 2 saturated heterocycles. The fourth-order valence-corrected chi connectivity index (χ4v) is 3.27. The third kappa shape index (κ3) is 2.25. The van der Waals surface area contributed by atoms with E-state index in [0.717, 1.165) is 24.9 Å². The lowest BCUT2D eigenvalue weighted by Crippen LogP contribution is -2.46. The van der Waals surface area contributed by atoms with E-state index in [0.29, 0.717) is 13.0 Å². The quantitative estimate of drug-likeness (QED) is 0.784. The zero-order chi connectivity index (χ0) is 13.3. The molecule has 2 aliphatic heterocycles. The molecule has 0 radical (unpaired) electrons. The topological polar surface area (TPSA) is 29.5 Å². The number of alkyl halides is 1. The van der Waals surface area contributed by atoms with Gasteiger partial charge in [-0.15, -0.1) is 0 Å². The highest BCUT2D eigenvalue weighted by Crippen LogP contribution is 2.41. The van der Waals surface area contributed by atoms with Crippen molar-refractivity contribution in [1.82, 2.24) is 4.90 Å². The highest BCUT2D eigenvalue weighted by atomic mass is 19.1. The van der Waals surface area contributed by atoms with E-state index in [-0.39, 0.29) is 12.6 Å². The van der Waals surface area contributed by atoms with Gasteiger partial charge in [-0.25, -0.2) is 4.39 Å². The van der Waals surface area contributed by atoms with E-state index in [4.69, 9.17) is 4.74 Å². The first-order valence-electron chi connectivity index (χ1n) is 6.81. The first-order valence-corrected chi connectivity index (χ1v) is 6.81. The van der Waals surface area contributed by atoms with Crippen LogP contribution < -0.4 is 0 Å². The van der Waals surface area contributed by atoms with Crippen LogP contribution in [0.4, 0.5) is 4.39 Å². The minimum absolute atomic E-state index is 0.256. The molecule has 2 atom stereocenters. The lowest BCUT2D eigenvalue weighted by molar-refractivity contribution is -0.156. The normalized spacial score (nSPS) is 30.3. The van der Waals surface area contributed by atoms with Gasteiger partial charge in [-0.3, -0.25) is 9.69 Å². The van der Waals surface area contributed by atoms with Gasteiger partial charge in [0.25, 0.3) is 0 Å². The van der Waals surface area contributed by atoms with E-state index in [9.17, 15) is 9.18 Å². The van der Waals surface area contributed by atoms with Crippen LogP contribution in [0.2, 0.25) is 0 Å². The summed E-state index contributed by atoms with van der Waals surface area (Å²) in [4.78, 5) is 14.3. The second-order valence-corrected chi connectivity index (χ2v) is 5.44. The Bertz CT molecular complexity index is 464. The van der Waals surface area contributed by atoms with E-state index in [1.165, 1.54) is 0 Å². The summed E-state index contributed by atoms with van der Waals surface area (Å²) < 4.78 is 19.0. The van der Waals surface area contributed by atoms with Crippen molar-refractivity contribution in [2.75, 3.05) is 13.1 Å². The molecule has 0 saturated carbocycles. The van der Waals surface area contributed by atoms with Gasteiger partial charge in [0.2, 0.25) is 0 Å². The number of halogens is 1. The minimum Gasteiger partial charge on any atom is -0.459 e. The number of fused-ring (bicyclic) bond motifs is 1. The maximum absolute atomic E-state index is 13.6. The van der Waals surface area contributed by atoms with Gasteiger partial charge in [0.15, 0.2) is 0 Å². The molecule has 0 amide bonds. The molecule has 102 valence electrons. The summed E-state index contributed by atoms with van der Waals surface area (Å²) in [6.07, 6.45) is 1.07. The maximum atomic E-state index is 13.6. The molecule has 1 aromatic carbocycles.